The molecule has 0 amide bonds. The average Bonchev–Trinajstić information content (AvgIpc) is 1.54. The third-order valence-corrected chi connectivity index (χ3v) is 29.3. The van der Waals surface area contributed by atoms with Gasteiger partial charge < -0.3 is 13.7 Å². The molecule has 0 unspecified atom stereocenters. The number of rotatable bonds is 12. The van der Waals surface area contributed by atoms with E-state index in [4.69, 9.17) is 29.9 Å². The Morgan fingerprint density at radius 2 is 0.374 bits per heavy atom. The molecular formula is C138H87N9. The van der Waals surface area contributed by atoms with E-state index >= 15 is 0 Å². The molecule has 30 aromatic rings. The van der Waals surface area contributed by atoms with Crippen molar-refractivity contribution >= 4 is 162 Å². The molecule has 0 aliphatic rings. The largest absolute Gasteiger partial charge is 0.309 e. The van der Waals surface area contributed by atoms with Crippen molar-refractivity contribution in [3.05, 3.63) is 528 Å². The summed E-state index contributed by atoms with van der Waals surface area (Å²) in [6, 6.07) is 187. The van der Waals surface area contributed by atoms with Crippen LogP contribution in [0.4, 0.5) is 0 Å². The minimum atomic E-state index is 0.705. The van der Waals surface area contributed by atoms with Gasteiger partial charge in [0.15, 0.2) is 17.5 Å². The van der Waals surface area contributed by atoms with Gasteiger partial charge in [0.05, 0.1) is 67.3 Å². The lowest BCUT2D eigenvalue weighted by atomic mass is 9.95. The summed E-state index contributed by atoms with van der Waals surface area (Å²) in [6.45, 7) is 0. The maximum atomic E-state index is 5.09. The Bertz CT molecular complexity index is 10000. The summed E-state index contributed by atoms with van der Waals surface area (Å²) in [5.41, 5.74) is 25.3. The van der Waals surface area contributed by atoms with Crippen LogP contribution in [0.5, 0.6) is 0 Å². The molecular weight excluding hydrogens is 1780 g/mol. The minimum Gasteiger partial charge on any atom is -0.309 e. The van der Waals surface area contributed by atoms with Gasteiger partial charge in [-0.05, 0) is 185 Å². The van der Waals surface area contributed by atoms with Crippen LogP contribution in [-0.2, 0) is 0 Å². The van der Waals surface area contributed by atoms with Gasteiger partial charge >= 0.3 is 0 Å². The van der Waals surface area contributed by atoms with Crippen molar-refractivity contribution in [3.8, 4) is 119 Å². The molecule has 0 saturated heterocycles. The van der Waals surface area contributed by atoms with Crippen LogP contribution in [0.1, 0.15) is 0 Å². The predicted molar refractivity (Wildman–Crippen MR) is 616 cm³/mol. The second-order valence-corrected chi connectivity index (χ2v) is 37.8. The highest BCUT2D eigenvalue weighted by Crippen LogP contribution is 2.50. The van der Waals surface area contributed by atoms with Gasteiger partial charge in [-0.2, -0.15) is 0 Å². The molecule has 30 rings (SSSR count). The van der Waals surface area contributed by atoms with Crippen LogP contribution in [0.15, 0.2) is 528 Å². The number of aromatic nitrogens is 9. The van der Waals surface area contributed by atoms with E-state index in [9.17, 15) is 0 Å². The summed E-state index contributed by atoms with van der Waals surface area (Å²) >= 11 is 0. The molecule has 9 nitrogen and oxygen atoms in total. The van der Waals surface area contributed by atoms with Gasteiger partial charge in [-0.15, -0.1) is 0 Å². The number of hydrogen-bond acceptors (Lipinski definition) is 6. The fourth-order valence-corrected chi connectivity index (χ4v) is 22.6. The third-order valence-electron chi connectivity index (χ3n) is 29.3. The van der Waals surface area contributed by atoms with Gasteiger partial charge in [0.2, 0.25) is 0 Å². The van der Waals surface area contributed by atoms with Crippen LogP contribution in [-0.4, -0.2) is 43.6 Å². The molecule has 0 N–H and O–H groups in total. The molecule has 0 saturated carbocycles. The van der Waals surface area contributed by atoms with Crippen molar-refractivity contribution in [1.29, 1.82) is 0 Å². The molecule has 0 atom stereocenters. The first-order valence-corrected chi connectivity index (χ1v) is 50.0. The maximum Gasteiger partial charge on any atom is 0.160 e. The van der Waals surface area contributed by atoms with Gasteiger partial charge in [-0.1, -0.05) is 419 Å². The smallest absolute Gasteiger partial charge is 0.160 e. The van der Waals surface area contributed by atoms with Gasteiger partial charge in [-0.25, -0.2) is 29.9 Å². The third kappa shape index (κ3) is 14.8. The Labute approximate surface area is 846 Å². The molecule has 6 heterocycles. The maximum absolute atomic E-state index is 5.09. The van der Waals surface area contributed by atoms with E-state index in [0.29, 0.717) is 17.5 Å². The summed E-state index contributed by atoms with van der Waals surface area (Å²) in [4.78, 5) is 30.5. The first-order chi connectivity index (χ1) is 72.9. The molecule has 0 aliphatic heterocycles. The Hall–Kier alpha value is -19.7. The van der Waals surface area contributed by atoms with Crippen molar-refractivity contribution < 1.29 is 0 Å². The summed E-state index contributed by atoms with van der Waals surface area (Å²) in [5, 5.41) is 30.2. The van der Waals surface area contributed by atoms with Crippen molar-refractivity contribution in [1.82, 2.24) is 43.6 Å². The van der Waals surface area contributed by atoms with Gasteiger partial charge in [-0.3, -0.25) is 0 Å². The minimum absolute atomic E-state index is 0.705. The quantitative estimate of drug-likeness (QED) is 0.113. The number of nitrogens with zero attached hydrogens (tertiary/aromatic N) is 9. The van der Waals surface area contributed by atoms with E-state index < -0.39 is 0 Å². The Balaban J connectivity index is 0.000000107. The first kappa shape index (κ1) is 85.3. The molecule has 0 spiro atoms. The molecule has 0 fully saturated rings. The van der Waals surface area contributed by atoms with Crippen LogP contribution < -0.4 is 0 Å². The normalized spacial score (nSPS) is 11.7. The summed E-state index contributed by atoms with van der Waals surface area (Å²) in [7, 11) is 0. The summed E-state index contributed by atoms with van der Waals surface area (Å²) in [6.07, 6.45) is 0. The molecule has 684 valence electrons. The highest BCUT2D eigenvalue weighted by Gasteiger charge is 2.27. The molecule has 9 heteroatoms. The monoisotopic (exact) mass is 1870 g/mol. The van der Waals surface area contributed by atoms with Crippen LogP contribution in [0.3, 0.4) is 0 Å². The Kier molecular flexibility index (Phi) is 20.8. The fourth-order valence-electron chi connectivity index (χ4n) is 22.6. The SMILES string of the molecule is c1ccc(-c2cc(-c3ccccc3)nc(-c3ccc(-n4c5c6ccccc6ccc5c5c6ccccc6c6ccccc6c54)cc3)n2)cc1.c1ccc(-c2cc(-c3ccccc3)nc(-c3ccc(-n4c5cc6ccccc6cc5c5c6ccccc6c6ccccc6c54)cc3)n2)cc1.c1ccc(-c2cc(-c3ccccc3)nc(-c3ccc(-n4c5ccc6ccccc6c5c5c6ccccc6c6ccccc6c54)cc3)n2)cc1. The highest BCUT2D eigenvalue weighted by atomic mass is 15.0. The predicted octanol–water partition coefficient (Wildman–Crippen LogP) is 36.1. The van der Waals surface area contributed by atoms with Crippen molar-refractivity contribution in [2.24, 2.45) is 0 Å². The number of benzene rings is 24. The van der Waals surface area contributed by atoms with Crippen molar-refractivity contribution in [2.75, 3.05) is 0 Å². The van der Waals surface area contributed by atoms with Gasteiger partial charge in [0, 0.05) is 121 Å². The molecule has 147 heavy (non-hydrogen) atoms. The van der Waals surface area contributed by atoms with E-state index in [-0.39, 0.29) is 0 Å². The highest BCUT2D eigenvalue weighted by molar-refractivity contribution is 6.38. The Morgan fingerprint density at radius 3 is 0.741 bits per heavy atom. The van der Waals surface area contributed by atoms with Crippen LogP contribution in [0.25, 0.3) is 281 Å². The number of hydrogen-bond donors (Lipinski definition) is 0. The average molecular weight is 1870 g/mol. The lowest BCUT2D eigenvalue weighted by Crippen LogP contribution is -1.98. The topological polar surface area (TPSA) is 92.1 Å². The summed E-state index contributed by atoms with van der Waals surface area (Å²) < 4.78 is 7.38. The van der Waals surface area contributed by atoms with Crippen LogP contribution in [0, 0.1) is 0 Å². The molecule has 24 aromatic carbocycles. The van der Waals surface area contributed by atoms with E-state index in [1.807, 2.05) is 36.4 Å². The molecule has 6 aromatic heterocycles. The zero-order valence-electron chi connectivity index (χ0n) is 79.8. The lowest BCUT2D eigenvalue weighted by Gasteiger charge is -2.14. The van der Waals surface area contributed by atoms with Crippen LogP contribution in [0.2, 0.25) is 0 Å². The Morgan fingerprint density at radius 1 is 0.122 bits per heavy atom. The van der Waals surface area contributed by atoms with Crippen molar-refractivity contribution in [3.63, 3.8) is 0 Å². The fraction of sp³-hybridized carbons (Fsp3) is 0. The molecule has 0 bridgehead atoms. The lowest BCUT2D eigenvalue weighted by molar-refractivity contribution is 1.17. The summed E-state index contributed by atoms with van der Waals surface area (Å²) in [5.74, 6) is 2.11. The standard InChI is InChI=1S/3C46H29N3/c1-3-14-31(15-4-1)40-29-41(32-16-5-2-6-17-32)48-46(47-40)33-23-26-34(27-24-33)49-42-28-25-30-13-7-8-18-35(30)43(42)44-38-21-11-9-19-36(38)37-20-10-12-22-39(37)45(44)49;1-3-14-31(15-4-1)41-29-42(32-16-5-2-6-17-32)48-46(47-41)33-23-26-34(27-24-33)49-44-35-18-8-7-13-30(35)25-28-40(44)43-38-21-11-9-19-36(38)37-20-10-12-22-39(37)45(43)49;1-3-13-30(14-4-1)41-29-42(31-15-5-2-6-16-31)48-46(47-41)32-23-25-35(26-24-32)49-43-28-34-18-8-7-17-33(34)27-40(43)44-38-21-11-9-19-36(38)37-20-10-12-22-39(37)45(44)49/h3*1-29H. The molecule has 0 radical (unpaired) electrons. The van der Waals surface area contributed by atoms with Crippen molar-refractivity contribution in [2.45, 2.75) is 0 Å². The number of fused-ring (bicyclic) bond motifs is 29. The van der Waals surface area contributed by atoms with Gasteiger partial charge in [0.1, 0.15) is 0 Å². The zero-order chi connectivity index (χ0) is 96.9. The van der Waals surface area contributed by atoms with E-state index in [1.54, 1.807) is 0 Å². The van der Waals surface area contributed by atoms with E-state index in [2.05, 4.69) is 505 Å². The first-order valence-electron chi connectivity index (χ1n) is 50.0. The second kappa shape index (κ2) is 35.8. The zero-order valence-corrected chi connectivity index (χ0v) is 79.8. The van der Waals surface area contributed by atoms with Crippen LogP contribution >= 0.6 is 0 Å². The van der Waals surface area contributed by atoms with Gasteiger partial charge in [0.25, 0.3) is 0 Å². The second-order valence-electron chi connectivity index (χ2n) is 37.8. The van der Waals surface area contributed by atoms with E-state index in [1.165, 1.54) is 162 Å². The van der Waals surface area contributed by atoms with E-state index in [0.717, 1.165) is 101 Å². The molecule has 0 aliphatic carbocycles.